The monoisotopic (exact) mass is 1000 g/mol. The molecule has 4 aromatic heterocycles. The lowest BCUT2D eigenvalue weighted by molar-refractivity contribution is -0.0980. The van der Waals surface area contributed by atoms with Crippen LogP contribution >= 0.6 is 0 Å². The fourth-order valence-corrected chi connectivity index (χ4v) is 9.35. The SMILES string of the molecule is C=O.CC(C)N1CCOc2c(F)cc(-c3nc(Cc4ccc(CN5CCN(C)CC5)cn4)ncc3F)cc21.CC(C)N1CCOc2c(F)cc(-c3nc(Cc4ccc(CN5CCNCC5)cn4)ncc3F)cc21. The number of carbonyl (C=O) groups excluding carboxylic acids is 1. The molecule has 0 radical (unpaired) electrons. The molecule has 386 valence electrons. The van der Waals surface area contributed by atoms with Crippen LogP contribution in [0.3, 0.4) is 0 Å². The molecule has 2 saturated heterocycles. The van der Waals surface area contributed by atoms with Crippen molar-refractivity contribution in [3.05, 3.63) is 131 Å². The number of rotatable bonds is 12. The molecule has 15 nitrogen and oxygen atoms in total. The third kappa shape index (κ3) is 13.1. The second kappa shape index (κ2) is 24.4. The van der Waals surface area contributed by atoms with Crippen molar-refractivity contribution >= 4 is 18.2 Å². The lowest BCUT2D eigenvalue weighted by Crippen LogP contribution is -2.43. The van der Waals surface area contributed by atoms with Gasteiger partial charge in [-0.25, -0.2) is 37.5 Å². The van der Waals surface area contributed by atoms with Crippen LogP contribution in [-0.4, -0.2) is 149 Å². The summed E-state index contributed by atoms with van der Waals surface area (Å²) in [6.45, 7) is 22.3. The van der Waals surface area contributed by atoms with Crippen LogP contribution in [-0.2, 0) is 30.7 Å². The molecule has 0 amide bonds. The maximum absolute atomic E-state index is 14.9. The molecule has 4 aliphatic rings. The number of nitrogens with one attached hydrogen (secondary N) is 1. The number of hydrogen-bond acceptors (Lipinski definition) is 15. The number of halogens is 4. The molecule has 1 N–H and O–H groups in total. The minimum atomic E-state index is -0.597. The van der Waals surface area contributed by atoms with Gasteiger partial charge in [0.25, 0.3) is 0 Å². The first-order valence-corrected chi connectivity index (χ1v) is 24.8. The Balaban J connectivity index is 0.000000189. The first kappa shape index (κ1) is 52.6. The number of hydrogen-bond donors (Lipinski definition) is 1. The molecule has 2 fully saturated rings. The van der Waals surface area contributed by atoms with E-state index in [4.69, 9.17) is 14.3 Å². The van der Waals surface area contributed by atoms with Gasteiger partial charge in [0.2, 0.25) is 0 Å². The van der Waals surface area contributed by atoms with Gasteiger partial charge in [-0.15, -0.1) is 0 Å². The molecule has 0 spiro atoms. The van der Waals surface area contributed by atoms with Crippen molar-refractivity contribution in [3.8, 4) is 34.0 Å². The van der Waals surface area contributed by atoms with Crippen LogP contribution in [0.4, 0.5) is 28.9 Å². The maximum atomic E-state index is 14.9. The Morgan fingerprint density at radius 2 is 1.00 bits per heavy atom. The summed E-state index contributed by atoms with van der Waals surface area (Å²) in [6, 6.07) is 14.4. The first-order chi connectivity index (χ1) is 35.3. The summed E-state index contributed by atoms with van der Waals surface area (Å²) in [5.74, 6) is -0.974. The number of piperazine rings is 2. The summed E-state index contributed by atoms with van der Waals surface area (Å²) in [4.78, 5) is 45.6. The zero-order valence-corrected chi connectivity index (χ0v) is 42.3. The lowest BCUT2D eigenvalue weighted by atomic mass is 10.1. The number of anilines is 2. The van der Waals surface area contributed by atoms with Crippen LogP contribution in [0.5, 0.6) is 11.5 Å². The van der Waals surface area contributed by atoms with Crippen LogP contribution < -0.4 is 24.6 Å². The molecule has 0 saturated carbocycles. The van der Waals surface area contributed by atoms with Crippen molar-refractivity contribution in [1.29, 1.82) is 0 Å². The molecule has 0 aliphatic carbocycles. The highest BCUT2D eigenvalue weighted by atomic mass is 19.1. The van der Waals surface area contributed by atoms with E-state index < -0.39 is 23.3 Å². The Labute approximate surface area is 424 Å². The molecular formula is C54H64F4N12O3. The highest BCUT2D eigenvalue weighted by molar-refractivity contribution is 5.73. The molecule has 19 heteroatoms. The van der Waals surface area contributed by atoms with E-state index in [2.05, 4.69) is 78.9 Å². The number of ether oxygens (including phenoxy) is 2. The normalized spacial score (nSPS) is 16.2. The van der Waals surface area contributed by atoms with E-state index in [1.54, 1.807) is 12.1 Å². The second-order valence-corrected chi connectivity index (χ2v) is 19.1. The number of aromatic nitrogens is 6. The molecule has 4 aliphatic heterocycles. The van der Waals surface area contributed by atoms with Crippen molar-refractivity contribution in [1.82, 2.24) is 49.9 Å². The predicted octanol–water partition coefficient (Wildman–Crippen LogP) is 7.00. The largest absolute Gasteiger partial charge is 0.486 e. The van der Waals surface area contributed by atoms with Crippen molar-refractivity contribution in [3.63, 3.8) is 0 Å². The lowest BCUT2D eigenvalue weighted by Gasteiger charge is -2.34. The molecule has 73 heavy (non-hydrogen) atoms. The molecule has 0 bridgehead atoms. The molecule has 2 aromatic carbocycles. The van der Waals surface area contributed by atoms with E-state index >= 15 is 0 Å². The van der Waals surface area contributed by atoms with E-state index in [1.165, 1.54) is 12.1 Å². The summed E-state index contributed by atoms with van der Waals surface area (Å²) in [5, 5.41) is 3.35. The summed E-state index contributed by atoms with van der Waals surface area (Å²) in [6.07, 6.45) is 6.77. The number of carbonyl (C=O) groups is 1. The predicted molar refractivity (Wildman–Crippen MR) is 273 cm³/mol. The second-order valence-electron chi connectivity index (χ2n) is 19.1. The standard InChI is InChI=1S/C27H32F2N6O.C26H30F2N6O.CH2O/c1-18(2)35-10-11-36-27-22(28)12-20(13-24(27)35)26-23(29)16-31-25(32-26)14-21-5-4-19(15-30-21)17-34-8-6-33(3)7-9-34;1-17(2)34-9-10-35-26-21(27)11-19(12-23(26)34)25-22(28)15-31-24(32-25)13-20-4-3-18(14-30-20)16-33-7-5-29-6-8-33;1-2/h4-5,12-13,15-16,18H,6-11,14,17H2,1-3H3;3-4,11-12,14-15,17,29H,5-10,13,16H2,1-2H3;1H2. The first-order valence-electron chi connectivity index (χ1n) is 24.8. The van der Waals surface area contributed by atoms with Crippen LogP contribution in [0, 0.1) is 23.3 Å². The highest BCUT2D eigenvalue weighted by Crippen LogP contribution is 2.41. The fourth-order valence-electron chi connectivity index (χ4n) is 9.35. The molecule has 0 atom stereocenters. The van der Waals surface area contributed by atoms with Crippen molar-refractivity contribution in [2.45, 2.75) is 65.7 Å². The Morgan fingerprint density at radius 3 is 1.41 bits per heavy atom. The van der Waals surface area contributed by atoms with Gasteiger partial charge in [-0.05, 0) is 82.3 Å². The minimum absolute atomic E-state index is 0.0707. The quantitative estimate of drug-likeness (QED) is 0.126. The van der Waals surface area contributed by atoms with Gasteiger partial charge in [0, 0.05) is 112 Å². The van der Waals surface area contributed by atoms with E-state index in [0.717, 1.165) is 100 Å². The van der Waals surface area contributed by atoms with Crippen LogP contribution in [0.1, 0.15) is 61.9 Å². The number of fused-ring (bicyclic) bond motifs is 2. The zero-order valence-electron chi connectivity index (χ0n) is 42.3. The molecular weight excluding hydrogens is 941 g/mol. The van der Waals surface area contributed by atoms with Gasteiger partial charge in [0.1, 0.15) is 43.0 Å². The van der Waals surface area contributed by atoms with Gasteiger partial charge < -0.3 is 34.3 Å². The fraction of sp³-hybridized carbons (Fsp3) is 0.426. The van der Waals surface area contributed by atoms with Crippen molar-refractivity contribution in [2.75, 3.05) is 95.5 Å². The van der Waals surface area contributed by atoms with Gasteiger partial charge in [0.15, 0.2) is 34.8 Å². The average Bonchev–Trinajstić information content (AvgIpc) is 3.40. The Kier molecular flexibility index (Phi) is 17.6. The molecule has 10 rings (SSSR count). The van der Waals surface area contributed by atoms with Crippen molar-refractivity contribution < 1.29 is 31.8 Å². The minimum Gasteiger partial charge on any atom is -0.486 e. The summed E-state index contributed by atoms with van der Waals surface area (Å²) in [7, 11) is 2.15. The third-order valence-electron chi connectivity index (χ3n) is 13.3. The van der Waals surface area contributed by atoms with E-state index in [9.17, 15) is 17.6 Å². The molecule has 0 unspecified atom stereocenters. The van der Waals surface area contributed by atoms with Gasteiger partial charge in [-0.1, -0.05) is 12.1 Å². The number of likely N-dealkylation sites (N-methyl/N-ethyl adjacent to an activating group) is 1. The van der Waals surface area contributed by atoms with Crippen molar-refractivity contribution in [2.24, 2.45) is 0 Å². The summed E-state index contributed by atoms with van der Waals surface area (Å²) in [5.41, 5.74) is 5.99. The van der Waals surface area contributed by atoms with Gasteiger partial charge in [0.05, 0.1) is 49.7 Å². The Bertz CT molecular complexity index is 2790. The van der Waals surface area contributed by atoms with Gasteiger partial charge >= 0.3 is 0 Å². The van der Waals surface area contributed by atoms with Gasteiger partial charge in [-0.3, -0.25) is 19.8 Å². The maximum Gasteiger partial charge on any atom is 0.178 e. The summed E-state index contributed by atoms with van der Waals surface area (Å²) >= 11 is 0. The Hall–Kier alpha value is -6.67. The van der Waals surface area contributed by atoms with Gasteiger partial charge in [-0.2, -0.15) is 0 Å². The average molecular weight is 1010 g/mol. The molecule has 6 aromatic rings. The van der Waals surface area contributed by atoms with Crippen LogP contribution in [0.2, 0.25) is 0 Å². The highest BCUT2D eigenvalue weighted by Gasteiger charge is 2.28. The molecule has 8 heterocycles. The summed E-state index contributed by atoms with van der Waals surface area (Å²) < 4.78 is 70.5. The van der Waals surface area contributed by atoms with E-state index in [-0.39, 0.29) is 35.0 Å². The van der Waals surface area contributed by atoms with Crippen LogP contribution in [0.15, 0.2) is 73.3 Å². The van der Waals surface area contributed by atoms with Crippen LogP contribution in [0.25, 0.3) is 22.5 Å². The van der Waals surface area contributed by atoms with E-state index in [1.807, 2.05) is 59.0 Å². The smallest absolute Gasteiger partial charge is 0.178 e. The Morgan fingerprint density at radius 1 is 0.562 bits per heavy atom. The van der Waals surface area contributed by atoms with E-state index in [0.29, 0.717) is 73.3 Å². The number of nitrogens with zero attached hydrogens (tertiary/aromatic N) is 11. The zero-order chi connectivity index (χ0) is 51.6. The third-order valence-corrected chi connectivity index (χ3v) is 13.3. The number of benzene rings is 2. The topological polar surface area (TPSA) is 141 Å². The number of pyridine rings is 2.